The second kappa shape index (κ2) is 7.77. The number of hydrogen-bond acceptors (Lipinski definition) is 4. The van der Waals surface area contributed by atoms with Crippen LogP contribution in [0.1, 0.15) is 18.5 Å². The second-order valence-corrected chi connectivity index (χ2v) is 5.24. The van der Waals surface area contributed by atoms with Crippen LogP contribution in [0.3, 0.4) is 0 Å². The zero-order chi connectivity index (χ0) is 18.4. The molecule has 25 heavy (non-hydrogen) atoms. The number of non-ortho nitro benzene ring substituents is 1. The Kier molecular flexibility index (Phi) is 5.51. The van der Waals surface area contributed by atoms with E-state index in [9.17, 15) is 19.7 Å². The van der Waals surface area contributed by atoms with E-state index in [-0.39, 0.29) is 11.7 Å². The Bertz CT molecular complexity index is 774. The summed E-state index contributed by atoms with van der Waals surface area (Å²) in [6.45, 7) is 1.80. The first kappa shape index (κ1) is 17.7. The van der Waals surface area contributed by atoms with E-state index >= 15 is 0 Å². The smallest absolute Gasteiger partial charge is 0.319 e. The maximum Gasteiger partial charge on any atom is 0.319 e. The minimum Gasteiger partial charge on any atom is -0.351 e. The fourth-order valence-corrected chi connectivity index (χ4v) is 2.11. The Morgan fingerprint density at radius 3 is 2.04 bits per heavy atom. The lowest BCUT2D eigenvalue weighted by Gasteiger charge is -2.15. The highest BCUT2D eigenvalue weighted by atomic mass is 16.6. The third-order valence-electron chi connectivity index (χ3n) is 3.36. The molecule has 9 heteroatoms. The van der Waals surface area contributed by atoms with Gasteiger partial charge in [0.2, 0.25) is 0 Å². The summed E-state index contributed by atoms with van der Waals surface area (Å²) in [5.74, 6) is 0. The number of urea groups is 2. The molecule has 9 nitrogen and oxygen atoms in total. The molecule has 1 unspecified atom stereocenters. The van der Waals surface area contributed by atoms with Crippen LogP contribution < -0.4 is 21.7 Å². The number of amides is 4. The molecular weight excluding hydrogens is 326 g/mol. The molecule has 4 amide bonds. The van der Waals surface area contributed by atoms with Crippen LogP contribution in [0.15, 0.2) is 48.5 Å². The first-order valence-electron chi connectivity index (χ1n) is 7.33. The van der Waals surface area contributed by atoms with Gasteiger partial charge in [0, 0.05) is 23.5 Å². The number of benzene rings is 2. The number of hydrogen-bond donors (Lipinski definition) is 4. The highest BCUT2D eigenvalue weighted by Crippen LogP contribution is 2.17. The van der Waals surface area contributed by atoms with Crippen LogP contribution in [0.5, 0.6) is 0 Å². The number of nitrogens with zero attached hydrogens (tertiary/aromatic N) is 1. The molecule has 0 aliphatic carbocycles. The van der Waals surface area contributed by atoms with Gasteiger partial charge in [0.1, 0.15) is 0 Å². The Morgan fingerprint density at radius 1 is 1.00 bits per heavy atom. The number of nitrogens with one attached hydrogen (secondary N) is 3. The molecule has 0 aliphatic heterocycles. The minimum atomic E-state index is -0.651. The molecule has 1 atom stereocenters. The van der Waals surface area contributed by atoms with Crippen molar-refractivity contribution in [3.05, 3.63) is 64.2 Å². The molecule has 2 aromatic carbocycles. The van der Waals surface area contributed by atoms with Gasteiger partial charge in [-0.3, -0.25) is 10.1 Å². The Hall–Kier alpha value is -3.62. The number of nitro benzene ring substituents is 1. The van der Waals surface area contributed by atoms with E-state index in [4.69, 9.17) is 5.73 Å². The maximum absolute atomic E-state index is 12.0. The van der Waals surface area contributed by atoms with Crippen molar-refractivity contribution >= 4 is 29.1 Å². The number of nitrogens with two attached hydrogens (primary N) is 1. The number of primary amides is 1. The minimum absolute atomic E-state index is 0.0519. The van der Waals surface area contributed by atoms with E-state index in [0.29, 0.717) is 11.4 Å². The van der Waals surface area contributed by atoms with Crippen molar-refractivity contribution in [3.8, 4) is 0 Å². The van der Waals surface area contributed by atoms with Crippen molar-refractivity contribution in [2.45, 2.75) is 13.0 Å². The number of carbonyl (C=O) groups is 2. The Labute approximate surface area is 143 Å². The molecule has 2 rings (SSSR count). The van der Waals surface area contributed by atoms with Crippen LogP contribution in [-0.2, 0) is 0 Å². The third-order valence-corrected chi connectivity index (χ3v) is 3.36. The summed E-state index contributed by atoms with van der Waals surface area (Å²) in [5.41, 5.74) is 6.81. The fraction of sp³-hybridized carbons (Fsp3) is 0.125. The van der Waals surface area contributed by atoms with Crippen molar-refractivity contribution in [1.82, 2.24) is 5.32 Å². The average molecular weight is 343 g/mol. The molecule has 0 radical (unpaired) electrons. The molecule has 0 heterocycles. The van der Waals surface area contributed by atoms with E-state index in [2.05, 4.69) is 16.0 Å². The summed E-state index contributed by atoms with van der Waals surface area (Å²) in [6, 6.07) is 11.0. The molecule has 2 aromatic rings. The Balaban J connectivity index is 1.93. The van der Waals surface area contributed by atoms with Gasteiger partial charge in [-0.2, -0.15) is 0 Å². The lowest BCUT2D eigenvalue weighted by atomic mass is 10.1. The van der Waals surface area contributed by atoms with Crippen LogP contribution in [0.4, 0.5) is 26.7 Å². The predicted molar refractivity (Wildman–Crippen MR) is 93.3 cm³/mol. The lowest BCUT2D eigenvalue weighted by Crippen LogP contribution is -2.31. The van der Waals surface area contributed by atoms with Gasteiger partial charge in [0.15, 0.2) is 0 Å². The standard InChI is InChI=1S/C16H17N5O4/c1-10(11-2-4-12(5-3-11)19-15(17)22)18-16(23)20-13-6-8-14(9-7-13)21(24)25/h2-10H,1H3,(H3,17,19,22)(H2,18,20,23). The van der Waals surface area contributed by atoms with Gasteiger partial charge >= 0.3 is 12.1 Å². The molecule has 0 bridgehead atoms. The maximum atomic E-state index is 12.0. The highest BCUT2D eigenvalue weighted by Gasteiger charge is 2.11. The monoisotopic (exact) mass is 343 g/mol. The summed E-state index contributed by atoms with van der Waals surface area (Å²) >= 11 is 0. The van der Waals surface area contributed by atoms with Gasteiger partial charge in [-0.1, -0.05) is 12.1 Å². The molecule has 0 spiro atoms. The first-order chi connectivity index (χ1) is 11.8. The van der Waals surface area contributed by atoms with Crippen molar-refractivity contribution in [2.24, 2.45) is 5.73 Å². The largest absolute Gasteiger partial charge is 0.351 e. The predicted octanol–water partition coefficient (Wildman–Crippen LogP) is 2.97. The van der Waals surface area contributed by atoms with Crippen LogP contribution in [0, 0.1) is 10.1 Å². The molecule has 0 aromatic heterocycles. The normalized spacial score (nSPS) is 11.2. The van der Waals surface area contributed by atoms with Crippen molar-refractivity contribution < 1.29 is 14.5 Å². The van der Waals surface area contributed by atoms with Crippen LogP contribution in [0.25, 0.3) is 0 Å². The van der Waals surface area contributed by atoms with Gasteiger partial charge in [-0.15, -0.1) is 0 Å². The summed E-state index contributed by atoms with van der Waals surface area (Å²) in [6.07, 6.45) is 0. The van der Waals surface area contributed by atoms with Gasteiger partial charge < -0.3 is 21.7 Å². The fourth-order valence-electron chi connectivity index (χ4n) is 2.11. The third kappa shape index (κ3) is 5.20. The molecule has 0 aliphatic rings. The van der Waals surface area contributed by atoms with Gasteiger partial charge in [0.05, 0.1) is 11.0 Å². The van der Waals surface area contributed by atoms with Crippen molar-refractivity contribution in [3.63, 3.8) is 0 Å². The zero-order valence-electron chi connectivity index (χ0n) is 13.4. The summed E-state index contributed by atoms with van der Waals surface area (Å²) in [7, 11) is 0. The summed E-state index contributed by atoms with van der Waals surface area (Å²) in [4.78, 5) is 32.9. The molecule has 0 fully saturated rings. The van der Waals surface area contributed by atoms with Crippen molar-refractivity contribution in [2.75, 3.05) is 10.6 Å². The molecular formula is C16H17N5O4. The summed E-state index contributed by atoms with van der Waals surface area (Å²) in [5, 5.41) is 18.4. The van der Waals surface area contributed by atoms with E-state index in [1.165, 1.54) is 24.3 Å². The van der Waals surface area contributed by atoms with E-state index in [1.807, 2.05) is 0 Å². The molecule has 0 saturated heterocycles. The SMILES string of the molecule is CC(NC(=O)Nc1ccc([N+](=O)[O-])cc1)c1ccc(NC(N)=O)cc1. The summed E-state index contributed by atoms with van der Waals surface area (Å²) < 4.78 is 0. The molecule has 0 saturated carbocycles. The number of nitro groups is 1. The second-order valence-electron chi connectivity index (χ2n) is 5.24. The van der Waals surface area contributed by atoms with Gasteiger partial charge in [0.25, 0.3) is 5.69 Å². The van der Waals surface area contributed by atoms with E-state index in [0.717, 1.165) is 5.56 Å². The molecule has 130 valence electrons. The zero-order valence-corrected chi connectivity index (χ0v) is 13.4. The van der Waals surface area contributed by atoms with E-state index < -0.39 is 17.0 Å². The van der Waals surface area contributed by atoms with E-state index in [1.54, 1.807) is 31.2 Å². The lowest BCUT2D eigenvalue weighted by molar-refractivity contribution is -0.384. The topological polar surface area (TPSA) is 139 Å². The quantitative estimate of drug-likeness (QED) is 0.489. The van der Waals surface area contributed by atoms with Crippen LogP contribution in [-0.4, -0.2) is 17.0 Å². The first-order valence-corrected chi connectivity index (χ1v) is 7.33. The van der Waals surface area contributed by atoms with Gasteiger partial charge in [-0.25, -0.2) is 9.59 Å². The molecule has 5 N–H and O–H groups in total. The number of rotatable bonds is 5. The Morgan fingerprint density at radius 2 is 1.52 bits per heavy atom. The van der Waals surface area contributed by atoms with Crippen LogP contribution in [0.2, 0.25) is 0 Å². The number of anilines is 2. The highest BCUT2D eigenvalue weighted by molar-refractivity contribution is 5.89. The average Bonchev–Trinajstić information content (AvgIpc) is 2.55. The number of carbonyl (C=O) groups excluding carboxylic acids is 2. The van der Waals surface area contributed by atoms with Crippen molar-refractivity contribution in [1.29, 1.82) is 0 Å². The van der Waals surface area contributed by atoms with Gasteiger partial charge in [-0.05, 0) is 36.8 Å². The van der Waals surface area contributed by atoms with Crippen LogP contribution >= 0.6 is 0 Å².